The van der Waals surface area contributed by atoms with Crippen molar-refractivity contribution in [2.75, 3.05) is 7.11 Å². The summed E-state index contributed by atoms with van der Waals surface area (Å²) in [7, 11) is 1.65. The van der Waals surface area contributed by atoms with Crippen LogP contribution in [0.4, 0.5) is 0 Å². The van der Waals surface area contributed by atoms with Crippen LogP contribution in [0.15, 0.2) is 0 Å². The molecular weight excluding hydrogens is 216 g/mol. The molecule has 4 nitrogen and oxygen atoms in total. The highest BCUT2D eigenvalue weighted by Gasteiger charge is 2.34. The van der Waals surface area contributed by atoms with E-state index in [9.17, 15) is 4.79 Å². The maximum absolute atomic E-state index is 11.9. The fourth-order valence-electron chi connectivity index (χ4n) is 2.91. The lowest BCUT2D eigenvalue weighted by Gasteiger charge is -2.31. The summed E-state index contributed by atoms with van der Waals surface area (Å²) in [4.78, 5) is 11.9. The molecular formula is C13H24N2O2. The van der Waals surface area contributed by atoms with Gasteiger partial charge in [0.25, 0.3) is 0 Å². The number of fused-ring (bicyclic) bond motifs is 2. The van der Waals surface area contributed by atoms with E-state index >= 15 is 0 Å². The van der Waals surface area contributed by atoms with E-state index in [2.05, 4.69) is 10.6 Å². The highest BCUT2D eigenvalue weighted by Crippen LogP contribution is 2.27. The Labute approximate surface area is 103 Å². The fraction of sp³-hybridized carbons (Fsp3) is 0.923. The number of piperidine rings is 1. The van der Waals surface area contributed by atoms with Crippen molar-refractivity contribution in [2.45, 2.75) is 69.7 Å². The minimum Gasteiger partial charge on any atom is -0.378 e. The van der Waals surface area contributed by atoms with E-state index in [4.69, 9.17) is 4.74 Å². The Balaban J connectivity index is 1.79. The predicted molar refractivity (Wildman–Crippen MR) is 66.8 cm³/mol. The molecule has 0 aromatic carbocycles. The summed E-state index contributed by atoms with van der Waals surface area (Å²) in [5, 5.41) is 6.73. The number of methoxy groups -OCH3 is 1. The van der Waals surface area contributed by atoms with Crippen molar-refractivity contribution in [1.29, 1.82) is 0 Å². The SMILES string of the molecule is COC(C)(C)CC(=O)NC1CC2CCC(C1)N2. The number of ether oxygens (including phenoxy) is 1. The summed E-state index contributed by atoms with van der Waals surface area (Å²) in [5.74, 6) is 0.114. The van der Waals surface area contributed by atoms with Crippen LogP contribution in [0.2, 0.25) is 0 Å². The Morgan fingerprint density at radius 1 is 1.35 bits per heavy atom. The molecule has 2 aliphatic rings. The van der Waals surface area contributed by atoms with Crippen LogP contribution in [0, 0.1) is 0 Å². The van der Waals surface area contributed by atoms with E-state index in [-0.39, 0.29) is 11.5 Å². The molecule has 0 aliphatic carbocycles. The number of amides is 1. The van der Waals surface area contributed by atoms with Gasteiger partial charge in [0.15, 0.2) is 0 Å². The average Bonchev–Trinajstić information content (AvgIpc) is 2.57. The number of rotatable bonds is 4. The van der Waals surface area contributed by atoms with Gasteiger partial charge < -0.3 is 15.4 Å². The van der Waals surface area contributed by atoms with Crippen LogP contribution in [0.1, 0.15) is 46.0 Å². The van der Waals surface area contributed by atoms with E-state index in [1.165, 1.54) is 12.8 Å². The normalized spacial score (nSPS) is 32.5. The zero-order chi connectivity index (χ0) is 12.5. The molecule has 0 aromatic rings. The highest BCUT2D eigenvalue weighted by atomic mass is 16.5. The smallest absolute Gasteiger partial charge is 0.223 e. The van der Waals surface area contributed by atoms with E-state index < -0.39 is 0 Å². The van der Waals surface area contributed by atoms with E-state index in [0.29, 0.717) is 24.5 Å². The summed E-state index contributed by atoms with van der Waals surface area (Å²) < 4.78 is 5.28. The predicted octanol–water partition coefficient (Wildman–Crippen LogP) is 1.20. The lowest BCUT2D eigenvalue weighted by molar-refractivity contribution is -0.127. The topological polar surface area (TPSA) is 50.4 Å². The Bertz CT molecular complexity index is 279. The summed E-state index contributed by atoms with van der Waals surface area (Å²) in [6, 6.07) is 1.60. The van der Waals surface area contributed by atoms with E-state index in [1.807, 2.05) is 13.8 Å². The Morgan fingerprint density at radius 3 is 2.47 bits per heavy atom. The first-order valence-corrected chi connectivity index (χ1v) is 6.59. The van der Waals surface area contributed by atoms with Crippen LogP contribution in [-0.2, 0) is 9.53 Å². The second kappa shape index (κ2) is 4.94. The second-order valence-corrected chi connectivity index (χ2v) is 6.01. The van der Waals surface area contributed by atoms with E-state index in [1.54, 1.807) is 7.11 Å². The molecule has 2 aliphatic heterocycles. The van der Waals surface area contributed by atoms with Crippen molar-refractivity contribution < 1.29 is 9.53 Å². The Kier molecular flexibility index (Phi) is 3.73. The second-order valence-electron chi connectivity index (χ2n) is 6.01. The van der Waals surface area contributed by atoms with Crippen LogP contribution in [0.25, 0.3) is 0 Å². The highest BCUT2D eigenvalue weighted by molar-refractivity contribution is 5.77. The van der Waals surface area contributed by atoms with Gasteiger partial charge in [-0.25, -0.2) is 0 Å². The zero-order valence-electron chi connectivity index (χ0n) is 11.1. The van der Waals surface area contributed by atoms with Crippen molar-refractivity contribution in [1.82, 2.24) is 10.6 Å². The standard InChI is InChI=1S/C13H24N2O2/c1-13(2,17-3)8-12(16)15-11-6-9-4-5-10(7-11)14-9/h9-11,14H,4-8H2,1-3H3,(H,15,16). The van der Waals surface area contributed by atoms with Gasteiger partial charge in [-0.3, -0.25) is 4.79 Å². The number of carbonyl (C=O) groups excluding carboxylic acids is 1. The van der Waals surface area contributed by atoms with Gasteiger partial charge in [-0.2, -0.15) is 0 Å². The summed E-state index contributed by atoms with van der Waals surface area (Å²) in [5.41, 5.74) is -0.365. The molecule has 0 aromatic heterocycles. The largest absolute Gasteiger partial charge is 0.378 e. The zero-order valence-corrected chi connectivity index (χ0v) is 11.1. The molecule has 2 atom stereocenters. The molecule has 0 saturated carbocycles. The third-order valence-electron chi connectivity index (χ3n) is 3.98. The van der Waals surface area contributed by atoms with Crippen LogP contribution in [0.3, 0.4) is 0 Å². The molecule has 2 N–H and O–H groups in total. The monoisotopic (exact) mass is 240 g/mol. The average molecular weight is 240 g/mol. The van der Waals surface area contributed by atoms with Crippen LogP contribution >= 0.6 is 0 Å². The maximum atomic E-state index is 11.9. The van der Waals surface area contributed by atoms with Crippen LogP contribution in [-0.4, -0.2) is 36.7 Å². The van der Waals surface area contributed by atoms with Gasteiger partial charge in [-0.05, 0) is 39.5 Å². The van der Waals surface area contributed by atoms with Crippen LogP contribution < -0.4 is 10.6 Å². The summed E-state index contributed by atoms with van der Waals surface area (Å²) in [6.07, 6.45) is 5.12. The van der Waals surface area contributed by atoms with Crippen molar-refractivity contribution in [2.24, 2.45) is 0 Å². The Hall–Kier alpha value is -0.610. The molecule has 17 heavy (non-hydrogen) atoms. The summed E-state index contributed by atoms with van der Waals surface area (Å²) in [6.45, 7) is 3.89. The van der Waals surface area contributed by atoms with Crippen molar-refractivity contribution in [3.63, 3.8) is 0 Å². The minimum atomic E-state index is -0.365. The molecule has 2 rings (SSSR count). The minimum absolute atomic E-state index is 0.114. The quantitative estimate of drug-likeness (QED) is 0.776. The van der Waals surface area contributed by atoms with Gasteiger partial charge in [0.1, 0.15) is 0 Å². The molecule has 1 amide bonds. The molecule has 0 spiro atoms. The lowest BCUT2D eigenvalue weighted by Crippen LogP contribution is -2.49. The van der Waals surface area contributed by atoms with Gasteiger partial charge in [0.05, 0.1) is 12.0 Å². The first-order chi connectivity index (χ1) is 7.98. The Morgan fingerprint density at radius 2 is 1.94 bits per heavy atom. The fourth-order valence-corrected chi connectivity index (χ4v) is 2.91. The first-order valence-electron chi connectivity index (χ1n) is 6.59. The van der Waals surface area contributed by atoms with Crippen molar-refractivity contribution >= 4 is 5.91 Å². The molecule has 4 heteroatoms. The molecule has 98 valence electrons. The van der Waals surface area contributed by atoms with Crippen LogP contribution in [0.5, 0.6) is 0 Å². The van der Waals surface area contributed by atoms with Crippen molar-refractivity contribution in [3.05, 3.63) is 0 Å². The van der Waals surface area contributed by atoms with Gasteiger partial charge in [0.2, 0.25) is 5.91 Å². The molecule has 0 radical (unpaired) electrons. The number of nitrogens with one attached hydrogen (secondary N) is 2. The molecule has 2 fully saturated rings. The first kappa shape index (κ1) is 12.8. The number of hydrogen-bond donors (Lipinski definition) is 2. The molecule has 2 unspecified atom stereocenters. The van der Waals surface area contributed by atoms with Crippen molar-refractivity contribution in [3.8, 4) is 0 Å². The maximum Gasteiger partial charge on any atom is 0.223 e. The lowest BCUT2D eigenvalue weighted by atomic mass is 9.98. The number of carbonyl (C=O) groups is 1. The third kappa shape index (κ3) is 3.42. The van der Waals surface area contributed by atoms with Gasteiger partial charge in [-0.1, -0.05) is 0 Å². The molecule has 2 bridgehead atoms. The molecule has 2 saturated heterocycles. The number of hydrogen-bond acceptors (Lipinski definition) is 3. The molecule has 2 heterocycles. The van der Waals surface area contributed by atoms with Gasteiger partial charge >= 0.3 is 0 Å². The third-order valence-corrected chi connectivity index (χ3v) is 3.98. The van der Waals surface area contributed by atoms with Gasteiger partial charge in [-0.15, -0.1) is 0 Å². The van der Waals surface area contributed by atoms with Gasteiger partial charge in [0, 0.05) is 25.2 Å². The van der Waals surface area contributed by atoms with E-state index in [0.717, 1.165) is 12.8 Å². The summed E-state index contributed by atoms with van der Waals surface area (Å²) >= 11 is 0.